The summed E-state index contributed by atoms with van der Waals surface area (Å²) in [7, 11) is 0. The molecule has 0 fully saturated rings. The van der Waals surface area contributed by atoms with Crippen molar-refractivity contribution in [2.24, 2.45) is 0 Å². The van der Waals surface area contributed by atoms with Gasteiger partial charge in [0.05, 0.1) is 4.47 Å². The van der Waals surface area contributed by atoms with E-state index in [4.69, 9.17) is 0 Å². The minimum absolute atomic E-state index is 0.220. The Morgan fingerprint density at radius 3 is 2.93 bits per heavy atom. The Morgan fingerprint density at radius 1 is 1.53 bits per heavy atom. The van der Waals surface area contributed by atoms with Crippen LogP contribution >= 0.6 is 15.9 Å². The fourth-order valence-corrected chi connectivity index (χ4v) is 1.46. The van der Waals surface area contributed by atoms with Gasteiger partial charge >= 0.3 is 5.82 Å². The lowest BCUT2D eigenvalue weighted by Gasteiger charge is -2.01. The number of nitro groups is 1. The summed E-state index contributed by atoms with van der Waals surface area (Å²) in [5.41, 5.74) is 0.333. The maximum Gasteiger partial charge on any atom is 0.389 e. The largest absolute Gasteiger partial charge is 0.389 e. The van der Waals surface area contributed by atoms with Gasteiger partial charge in [-0.15, -0.1) is 0 Å². The van der Waals surface area contributed by atoms with E-state index in [1.807, 2.05) is 0 Å². The van der Waals surface area contributed by atoms with E-state index >= 15 is 0 Å². The van der Waals surface area contributed by atoms with E-state index in [9.17, 15) is 10.1 Å². The van der Waals surface area contributed by atoms with E-state index in [1.165, 1.54) is 10.9 Å². The van der Waals surface area contributed by atoms with Crippen molar-refractivity contribution in [1.82, 2.24) is 14.8 Å². The summed E-state index contributed by atoms with van der Waals surface area (Å²) in [6.07, 6.45) is 4.55. The predicted molar refractivity (Wildman–Crippen MR) is 55.7 cm³/mol. The molecule has 2 heterocycles. The maximum absolute atomic E-state index is 10.7. The second kappa shape index (κ2) is 3.77. The molecule has 7 heteroatoms. The van der Waals surface area contributed by atoms with Crippen LogP contribution in [-0.4, -0.2) is 19.7 Å². The Hall–Kier alpha value is -1.76. The molecular formula is C8H5BrN4O2. The van der Waals surface area contributed by atoms with Crippen LogP contribution in [-0.2, 0) is 0 Å². The van der Waals surface area contributed by atoms with Crippen LogP contribution in [0.25, 0.3) is 5.69 Å². The Bertz CT molecular complexity index is 497. The number of halogens is 1. The average Bonchev–Trinajstić information content (AvgIpc) is 2.69. The Labute approximate surface area is 92.8 Å². The number of pyridine rings is 1. The first kappa shape index (κ1) is 9.78. The van der Waals surface area contributed by atoms with Crippen molar-refractivity contribution in [1.29, 1.82) is 0 Å². The standard InChI is InChI=1S/C8H5BrN4O2/c9-6-4-7(12-3-1-2-11-12)8(10-5-6)13(14)15/h1-5H. The normalized spacial score (nSPS) is 10.2. The molecule has 2 aromatic rings. The molecule has 0 aliphatic rings. The predicted octanol–water partition coefficient (Wildman–Crippen LogP) is 1.94. The number of hydrogen-bond donors (Lipinski definition) is 0. The molecule has 0 aliphatic heterocycles. The molecule has 0 radical (unpaired) electrons. The molecular weight excluding hydrogens is 264 g/mol. The Kier molecular flexibility index (Phi) is 2.46. The van der Waals surface area contributed by atoms with Crippen LogP contribution in [0.4, 0.5) is 5.82 Å². The molecule has 76 valence electrons. The van der Waals surface area contributed by atoms with Crippen LogP contribution in [0.15, 0.2) is 35.2 Å². The van der Waals surface area contributed by atoms with Gasteiger partial charge in [-0.2, -0.15) is 5.10 Å². The van der Waals surface area contributed by atoms with Gasteiger partial charge in [0.15, 0.2) is 11.9 Å². The third-order valence-corrected chi connectivity index (χ3v) is 2.17. The second-order valence-electron chi connectivity index (χ2n) is 2.70. The summed E-state index contributed by atoms with van der Waals surface area (Å²) < 4.78 is 2.06. The lowest BCUT2D eigenvalue weighted by Crippen LogP contribution is -2.02. The van der Waals surface area contributed by atoms with Gasteiger partial charge in [0.1, 0.15) is 0 Å². The average molecular weight is 269 g/mol. The van der Waals surface area contributed by atoms with Crippen LogP contribution in [0, 0.1) is 10.1 Å². The van der Waals surface area contributed by atoms with E-state index in [-0.39, 0.29) is 5.82 Å². The molecule has 0 saturated heterocycles. The van der Waals surface area contributed by atoms with Crippen molar-refractivity contribution in [3.05, 3.63) is 45.3 Å². The fourth-order valence-electron chi connectivity index (χ4n) is 1.14. The number of hydrogen-bond acceptors (Lipinski definition) is 4. The number of aromatic nitrogens is 3. The van der Waals surface area contributed by atoms with Gasteiger partial charge in [-0.1, -0.05) is 0 Å². The molecule has 0 unspecified atom stereocenters. The van der Waals surface area contributed by atoms with Crippen LogP contribution in [0.2, 0.25) is 0 Å². The first-order valence-electron chi connectivity index (χ1n) is 3.98. The van der Waals surface area contributed by atoms with Gasteiger partial charge in [0, 0.05) is 12.4 Å². The summed E-state index contributed by atoms with van der Waals surface area (Å²) in [4.78, 5) is 13.9. The van der Waals surface area contributed by atoms with Crippen molar-refractivity contribution in [2.75, 3.05) is 0 Å². The van der Waals surface area contributed by atoms with E-state index in [0.29, 0.717) is 10.2 Å². The molecule has 0 N–H and O–H groups in total. The molecule has 2 aromatic heterocycles. The molecule has 0 amide bonds. The molecule has 0 aliphatic carbocycles. The highest BCUT2D eigenvalue weighted by Crippen LogP contribution is 2.22. The zero-order valence-corrected chi connectivity index (χ0v) is 8.96. The molecule has 0 spiro atoms. The molecule has 0 aromatic carbocycles. The van der Waals surface area contributed by atoms with E-state index in [0.717, 1.165) is 0 Å². The van der Waals surface area contributed by atoms with E-state index < -0.39 is 4.92 Å². The molecule has 2 rings (SSSR count). The first-order valence-corrected chi connectivity index (χ1v) is 4.78. The smallest absolute Gasteiger partial charge is 0.358 e. The van der Waals surface area contributed by atoms with E-state index in [2.05, 4.69) is 26.0 Å². The molecule has 0 bridgehead atoms. The van der Waals surface area contributed by atoms with Crippen molar-refractivity contribution >= 4 is 21.7 Å². The van der Waals surface area contributed by atoms with Crippen LogP contribution in [0.3, 0.4) is 0 Å². The minimum Gasteiger partial charge on any atom is -0.358 e. The fraction of sp³-hybridized carbons (Fsp3) is 0. The highest BCUT2D eigenvalue weighted by molar-refractivity contribution is 9.10. The molecule has 6 nitrogen and oxygen atoms in total. The summed E-state index contributed by atoms with van der Waals surface area (Å²) in [5, 5.41) is 14.6. The summed E-state index contributed by atoms with van der Waals surface area (Å²) >= 11 is 3.20. The van der Waals surface area contributed by atoms with Crippen LogP contribution < -0.4 is 0 Å². The van der Waals surface area contributed by atoms with Gasteiger partial charge in [0.25, 0.3) is 0 Å². The Morgan fingerprint density at radius 2 is 2.33 bits per heavy atom. The summed E-state index contributed by atoms with van der Waals surface area (Å²) in [6, 6.07) is 3.28. The van der Waals surface area contributed by atoms with Crippen molar-refractivity contribution in [3.63, 3.8) is 0 Å². The zero-order chi connectivity index (χ0) is 10.8. The monoisotopic (exact) mass is 268 g/mol. The highest BCUT2D eigenvalue weighted by atomic mass is 79.9. The van der Waals surface area contributed by atoms with Crippen LogP contribution in [0.5, 0.6) is 0 Å². The Balaban J connectivity index is 2.63. The van der Waals surface area contributed by atoms with Crippen LogP contribution in [0.1, 0.15) is 0 Å². The van der Waals surface area contributed by atoms with Gasteiger partial charge in [-0.3, -0.25) is 0 Å². The topological polar surface area (TPSA) is 73.8 Å². The number of nitrogens with zero attached hydrogens (tertiary/aromatic N) is 4. The summed E-state index contributed by atoms with van der Waals surface area (Å²) in [6.45, 7) is 0. The zero-order valence-electron chi connectivity index (χ0n) is 7.37. The summed E-state index contributed by atoms with van der Waals surface area (Å²) in [5.74, 6) is -0.220. The molecule has 0 atom stereocenters. The van der Waals surface area contributed by atoms with Gasteiger partial charge in [0.2, 0.25) is 0 Å². The SMILES string of the molecule is O=[N+]([O-])c1ncc(Br)cc1-n1cccn1. The van der Waals surface area contributed by atoms with Crippen molar-refractivity contribution in [2.45, 2.75) is 0 Å². The van der Waals surface area contributed by atoms with Crippen molar-refractivity contribution in [3.8, 4) is 5.69 Å². The quantitative estimate of drug-likeness (QED) is 0.616. The lowest BCUT2D eigenvalue weighted by molar-refractivity contribution is -0.389. The third kappa shape index (κ3) is 1.86. The maximum atomic E-state index is 10.7. The first-order chi connectivity index (χ1) is 7.18. The van der Waals surface area contributed by atoms with Gasteiger partial charge < -0.3 is 10.1 Å². The second-order valence-corrected chi connectivity index (χ2v) is 3.62. The van der Waals surface area contributed by atoms with Gasteiger partial charge in [-0.05, 0) is 38.0 Å². The van der Waals surface area contributed by atoms with E-state index in [1.54, 1.807) is 24.5 Å². The number of rotatable bonds is 2. The minimum atomic E-state index is -0.538. The third-order valence-electron chi connectivity index (χ3n) is 1.74. The van der Waals surface area contributed by atoms with Crippen molar-refractivity contribution < 1.29 is 4.92 Å². The highest BCUT2D eigenvalue weighted by Gasteiger charge is 2.17. The lowest BCUT2D eigenvalue weighted by atomic mass is 10.4. The van der Waals surface area contributed by atoms with Gasteiger partial charge in [-0.25, -0.2) is 4.68 Å². The molecule has 0 saturated carbocycles. The molecule has 15 heavy (non-hydrogen) atoms.